The van der Waals surface area contributed by atoms with Crippen molar-refractivity contribution in [1.82, 2.24) is 9.88 Å². The maximum Gasteiger partial charge on any atom is 0.337 e. The number of aromatic carboxylic acids is 1. The van der Waals surface area contributed by atoms with Gasteiger partial charge < -0.3 is 9.84 Å². The van der Waals surface area contributed by atoms with Gasteiger partial charge in [0.25, 0.3) is 0 Å². The molecule has 1 aromatic heterocycles. The minimum atomic E-state index is -0.920. The zero-order valence-corrected chi connectivity index (χ0v) is 8.93. The number of hydrogen-bond donors (Lipinski definition) is 1. The van der Waals surface area contributed by atoms with E-state index in [1.165, 1.54) is 0 Å². The van der Waals surface area contributed by atoms with Crippen molar-refractivity contribution in [2.45, 2.75) is 6.54 Å². The molecule has 2 rings (SSSR count). The molecule has 0 amide bonds. The molecule has 1 fully saturated rings. The van der Waals surface area contributed by atoms with E-state index in [0.29, 0.717) is 25.5 Å². The molecule has 1 N–H and O–H groups in total. The molecular weight excluding hydrogens is 208 g/mol. The molecule has 5 nitrogen and oxygen atoms in total. The fourth-order valence-corrected chi connectivity index (χ4v) is 1.73. The SMILES string of the molecule is O=C(O)c1cccnc1CN1CCOCC1. The Bertz CT molecular complexity index is 375. The second kappa shape index (κ2) is 5.05. The average Bonchev–Trinajstić information content (AvgIpc) is 2.31. The molecule has 1 aromatic rings. The fraction of sp³-hybridized carbons (Fsp3) is 0.455. The average molecular weight is 222 g/mol. The van der Waals surface area contributed by atoms with Crippen molar-refractivity contribution in [2.24, 2.45) is 0 Å². The van der Waals surface area contributed by atoms with E-state index in [2.05, 4.69) is 9.88 Å². The van der Waals surface area contributed by atoms with Crippen LogP contribution in [0.25, 0.3) is 0 Å². The predicted molar refractivity (Wildman–Crippen MR) is 57.3 cm³/mol. The van der Waals surface area contributed by atoms with Crippen LogP contribution >= 0.6 is 0 Å². The molecule has 1 aliphatic rings. The van der Waals surface area contributed by atoms with Gasteiger partial charge in [0.1, 0.15) is 0 Å². The minimum Gasteiger partial charge on any atom is -0.478 e. The highest BCUT2D eigenvalue weighted by Gasteiger charge is 2.16. The number of carbonyl (C=O) groups is 1. The summed E-state index contributed by atoms with van der Waals surface area (Å²) in [7, 11) is 0. The molecule has 1 aliphatic heterocycles. The van der Waals surface area contributed by atoms with Gasteiger partial charge in [0, 0.05) is 25.8 Å². The lowest BCUT2D eigenvalue weighted by Crippen LogP contribution is -2.36. The summed E-state index contributed by atoms with van der Waals surface area (Å²) in [4.78, 5) is 17.3. The van der Waals surface area contributed by atoms with Crippen LogP contribution in [0.3, 0.4) is 0 Å². The van der Waals surface area contributed by atoms with Gasteiger partial charge in [0.2, 0.25) is 0 Å². The van der Waals surface area contributed by atoms with Gasteiger partial charge in [-0.2, -0.15) is 0 Å². The predicted octanol–water partition coefficient (Wildman–Crippen LogP) is 0.612. The van der Waals surface area contributed by atoms with E-state index in [4.69, 9.17) is 9.84 Å². The van der Waals surface area contributed by atoms with Crippen molar-refractivity contribution in [2.75, 3.05) is 26.3 Å². The maximum atomic E-state index is 11.0. The van der Waals surface area contributed by atoms with E-state index in [9.17, 15) is 4.79 Å². The van der Waals surface area contributed by atoms with Crippen molar-refractivity contribution in [1.29, 1.82) is 0 Å². The largest absolute Gasteiger partial charge is 0.478 e. The molecule has 1 saturated heterocycles. The van der Waals surface area contributed by atoms with Gasteiger partial charge >= 0.3 is 5.97 Å². The second-order valence-electron chi connectivity index (χ2n) is 3.69. The summed E-state index contributed by atoms with van der Waals surface area (Å²) < 4.78 is 5.24. The highest BCUT2D eigenvalue weighted by molar-refractivity contribution is 5.88. The number of rotatable bonds is 3. The van der Waals surface area contributed by atoms with E-state index in [-0.39, 0.29) is 5.56 Å². The molecule has 0 radical (unpaired) electrons. The van der Waals surface area contributed by atoms with Crippen LogP contribution in [-0.4, -0.2) is 47.3 Å². The Balaban J connectivity index is 2.10. The smallest absolute Gasteiger partial charge is 0.337 e. The second-order valence-corrected chi connectivity index (χ2v) is 3.69. The van der Waals surface area contributed by atoms with Gasteiger partial charge in [-0.15, -0.1) is 0 Å². The van der Waals surface area contributed by atoms with Crippen molar-refractivity contribution >= 4 is 5.97 Å². The monoisotopic (exact) mass is 222 g/mol. The van der Waals surface area contributed by atoms with Gasteiger partial charge in [0.05, 0.1) is 24.5 Å². The van der Waals surface area contributed by atoms with Crippen molar-refractivity contribution in [3.05, 3.63) is 29.6 Å². The lowest BCUT2D eigenvalue weighted by atomic mass is 10.2. The number of morpholine rings is 1. The van der Waals surface area contributed by atoms with Crippen molar-refractivity contribution in [3.63, 3.8) is 0 Å². The minimum absolute atomic E-state index is 0.286. The molecule has 0 aliphatic carbocycles. The number of nitrogens with zero attached hydrogens (tertiary/aromatic N) is 2. The Hall–Kier alpha value is -1.46. The Kier molecular flexibility index (Phi) is 3.48. The Morgan fingerprint density at radius 1 is 1.50 bits per heavy atom. The summed E-state index contributed by atoms with van der Waals surface area (Å²) in [6.45, 7) is 3.64. The molecule has 16 heavy (non-hydrogen) atoms. The number of carboxylic acids is 1. The zero-order valence-electron chi connectivity index (χ0n) is 8.93. The van der Waals surface area contributed by atoms with Crippen LogP contribution in [0.15, 0.2) is 18.3 Å². The third-order valence-electron chi connectivity index (χ3n) is 2.60. The molecule has 0 saturated carbocycles. The molecule has 0 unspecified atom stereocenters. The molecule has 0 atom stereocenters. The first-order chi connectivity index (χ1) is 7.77. The number of ether oxygens (including phenoxy) is 1. The van der Waals surface area contributed by atoms with Crippen molar-refractivity contribution in [3.8, 4) is 0 Å². The molecule has 0 aromatic carbocycles. The summed E-state index contributed by atoms with van der Waals surface area (Å²) in [5, 5.41) is 9.01. The number of aromatic nitrogens is 1. The highest BCUT2D eigenvalue weighted by Crippen LogP contribution is 2.10. The third kappa shape index (κ3) is 2.56. The van der Waals surface area contributed by atoms with E-state index >= 15 is 0 Å². The third-order valence-corrected chi connectivity index (χ3v) is 2.60. The normalized spacial score (nSPS) is 17.2. The summed E-state index contributed by atoms with van der Waals surface area (Å²) in [6, 6.07) is 3.23. The van der Waals surface area contributed by atoms with E-state index in [1.807, 2.05) is 0 Å². The highest BCUT2D eigenvalue weighted by atomic mass is 16.5. The Morgan fingerprint density at radius 3 is 2.94 bits per heavy atom. The van der Waals surface area contributed by atoms with Gasteiger partial charge in [-0.3, -0.25) is 9.88 Å². The van der Waals surface area contributed by atoms with E-state index < -0.39 is 5.97 Å². The summed E-state index contributed by atoms with van der Waals surface area (Å²) in [6.07, 6.45) is 1.63. The summed E-state index contributed by atoms with van der Waals surface area (Å²) >= 11 is 0. The van der Waals surface area contributed by atoms with Gasteiger partial charge in [0.15, 0.2) is 0 Å². The van der Waals surface area contributed by atoms with Crippen LogP contribution in [0.5, 0.6) is 0 Å². The first kappa shape index (κ1) is 11.0. The lowest BCUT2D eigenvalue weighted by Gasteiger charge is -2.26. The summed E-state index contributed by atoms with van der Waals surface area (Å²) in [5.41, 5.74) is 0.908. The topological polar surface area (TPSA) is 62.7 Å². The Labute approximate surface area is 93.7 Å². The van der Waals surface area contributed by atoms with Crippen LogP contribution in [0.4, 0.5) is 0 Å². The molecule has 86 valence electrons. The van der Waals surface area contributed by atoms with Crippen LogP contribution in [0.1, 0.15) is 16.1 Å². The van der Waals surface area contributed by atoms with Gasteiger partial charge in [-0.1, -0.05) is 0 Å². The molecule has 2 heterocycles. The number of pyridine rings is 1. The van der Waals surface area contributed by atoms with Gasteiger partial charge in [-0.25, -0.2) is 4.79 Å². The zero-order chi connectivity index (χ0) is 11.4. The van der Waals surface area contributed by atoms with Crippen LogP contribution in [-0.2, 0) is 11.3 Å². The molecule has 5 heteroatoms. The van der Waals surface area contributed by atoms with Crippen LogP contribution in [0, 0.1) is 0 Å². The molecular formula is C11H14N2O3. The summed E-state index contributed by atoms with van der Waals surface area (Å²) in [5.74, 6) is -0.920. The van der Waals surface area contributed by atoms with Crippen LogP contribution in [0.2, 0.25) is 0 Å². The quantitative estimate of drug-likeness (QED) is 0.812. The van der Waals surface area contributed by atoms with E-state index in [0.717, 1.165) is 13.1 Å². The van der Waals surface area contributed by atoms with E-state index in [1.54, 1.807) is 18.3 Å². The first-order valence-corrected chi connectivity index (χ1v) is 5.24. The fourth-order valence-electron chi connectivity index (χ4n) is 1.73. The standard InChI is InChI=1S/C11H14N2O3/c14-11(15)9-2-1-3-12-10(9)8-13-4-6-16-7-5-13/h1-3H,4-8H2,(H,14,15). The molecule has 0 spiro atoms. The Morgan fingerprint density at radius 2 is 2.25 bits per heavy atom. The first-order valence-electron chi connectivity index (χ1n) is 5.24. The van der Waals surface area contributed by atoms with Crippen LogP contribution < -0.4 is 0 Å². The number of carboxylic acid groups (broad SMARTS) is 1. The lowest BCUT2D eigenvalue weighted by molar-refractivity contribution is 0.0333. The van der Waals surface area contributed by atoms with Gasteiger partial charge in [-0.05, 0) is 12.1 Å². The maximum absolute atomic E-state index is 11.0. The molecule has 0 bridgehead atoms. The number of hydrogen-bond acceptors (Lipinski definition) is 4. The van der Waals surface area contributed by atoms with Crippen molar-refractivity contribution < 1.29 is 14.6 Å².